The van der Waals surface area contributed by atoms with Crippen LogP contribution >= 0.6 is 0 Å². The van der Waals surface area contributed by atoms with E-state index in [0.717, 1.165) is 24.4 Å². The zero-order valence-corrected chi connectivity index (χ0v) is 8.63. The van der Waals surface area contributed by atoms with E-state index in [9.17, 15) is 0 Å². The summed E-state index contributed by atoms with van der Waals surface area (Å²) in [6.45, 7) is 3.76. The molecule has 0 heterocycles. The minimum atomic E-state index is 0.739. The topological polar surface area (TPSA) is 21.3 Å². The Kier molecular flexibility index (Phi) is 4.60. The Morgan fingerprint density at radius 1 is 1.29 bits per heavy atom. The van der Waals surface area contributed by atoms with Gasteiger partial charge in [0.05, 0.1) is 13.7 Å². The van der Waals surface area contributed by atoms with E-state index < -0.39 is 0 Å². The highest BCUT2D eigenvalue weighted by Gasteiger charge is 1.88. The van der Waals surface area contributed by atoms with Gasteiger partial charge in [-0.15, -0.1) is 0 Å². The zero-order chi connectivity index (χ0) is 10.2. The predicted octanol–water partition coefficient (Wildman–Crippen LogP) is 1.66. The summed E-state index contributed by atoms with van der Waals surface area (Å²) in [5.74, 6) is 6.96. The molecule has 1 aromatic rings. The van der Waals surface area contributed by atoms with Crippen molar-refractivity contribution in [1.82, 2.24) is 5.32 Å². The molecule has 0 aliphatic rings. The Bertz CT molecular complexity index is 318. The van der Waals surface area contributed by atoms with Crippen LogP contribution in [-0.4, -0.2) is 20.2 Å². The van der Waals surface area contributed by atoms with Crippen molar-refractivity contribution in [3.8, 4) is 17.6 Å². The van der Waals surface area contributed by atoms with Crippen LogP contribution in [0.3, 0.4) is 0 Å². The standard InChI is InChI=1S/C12H15NO/c1-3-13-10-4-5-11-6-8-12(14-2)9-7-11/h6-9,13H,3,10H2,1-2H3. The van der Waals surface area contributed by atoms with Crippen molar-refractivity contribution in [2.24, 2.45) is 0 Å². The summed E-state index contributed by atoms with van der Waals surface area (Å²) in [4.78, 5) is 0. The number of hydrogen-bond acceptors (Lipinski definition) is 2. The average Bonchev–Trinajstić information content (AvgIpc) is 2.25. The van der Waals surface area contributed by atoms with Gasteiger partial charge in [-0.05, 0) is 30.8 Å². The van der Waals surface area contributed by atoms with Gasteiger partial charge in [0.1, 0.15) is 5.75 Å². The Balaban J connectivity index is 2.53. The van der Waals surface area contributed by atoms with Gasteiger partial charge in [-0.3, -0.25) is 0 Å². The molecule has 74 valence electrons. The van der Waals surface area contributed by atoms with E-state index in [4.69, 9.17) is 4.74 Å². The molecule has 0 aliphatic carbocycles. The van der Waals surface area contributed by atoms with Crippen LogP contribution < -0.4 is 10.1 Å². The lowest BCUT2D eigenvalue weighted by molar-refractivity contribution is 0.415. The van der Waals surface area contributed by atoms with E-state index in [1.165, 1.54) is 0 Å². The van der Waals surface area contributed by atoms with E-state index in [-0.39, 0.29) is 0 Å². The number of ether oxygens (including phenoxy) is 1. The fourth-order valence-corrected chi connectivity index (χ4v) is 1.01. The molecule has 0 unspecified atom stereocenters. The lowest BCUT2D eigenvalue weighted by atomic mass is 10.2. The first-order valence-corrected chi connectivity index (χ1v) is 4.70. The molecule has 0 fully saturated rings. The maximum atomic E-state index is 5.05. The van der Waals surface area contributed by atoms with Crippen molar-refractivity contribution >= 4 is 0 Å². The van der Waals surface area contributed by atoms with Gasteiger partial charge < -0.3 is 10.1 Å². The normalized spacial score (nSPS) is 9.00. The molecule has 0 spiro atoms. The molecule has 2 heteroatoms. The second kappa shape index (κ2) is 6.06. The number of hydrogen-bond donors (Lipinski definition) is 1. The summed E-state index contributed by atoms with van der Waals surface area (Å²) in [5.41, 5.74) is 1.02. The molecule has 1 N–H and O–H groups in total. The molecule has 0 radical (unpaired) electrons. The minimum Gasteiger partial charge on any atom is -0.497 e. The Labute approximate surface area is 85.3 Å². The average molecular weight is 189 g/mol. The van der Waals surface area contributed by atoms with Gasteiger partial charge in [-0.2, -0.15) is 0 Å². The largest absolute Gasteiger partial charge is 0.497 e. The number of benzene rings is 1. The highest BCUT2D eigenvalue weighted by molar-refractivity contribution is 5.38. The lowest BCUT2D eigenvalue weighted by Crippen LogP contribution is -2.11. The van der Waals surface area contributed by atoms with Crippen LogP contribution in [0.4, 0.5) is 0 Å². The fraction of sp³-hybridized carbons (Fsp3) is 0.333. The van der Waals surface area contributed by atoms with E-state index in [2.05, 4.69) is 24.1 Å². The van der Waals surface area contributed by atoms with E-state index in [1.54, 1.807) is 7.11 Å². The molecule has 1 aromatic carbocycles. The van der Waals surface area contributed by atoms with Gasteiger partial charge in [-0.1, -0.05) is 18.8 Å². The minimum absolute atomic E-state index is 0.739. The molecule has 0 atom stereocenters. The van der Waals surface area contributed by atoms with Crippen molar-refractivity contribution in [3.05, 3.63) is 29.8 Å². The maximum absolute atomic E-state index is 5.05. The van der Waals surface area contributed by atoms with Gasteiger partial charge in [0.25, 0.3) is 0 Å². The highest BCUT2D eigenvalue weighted by Crippen LogP contribution is 2.09. The SMILES string of the molecule is CCNCC#Cc1ccc(OC)cc1. The molecule has 0 bridgehead atoms. The highest BCUT2D eigenvalue weighted by atomic mass is 16.5. The molecule has 1 rings (SSSR count). The summed E-state index contributed by atoms with van der Waals surface area (Å²) in [5, 5.41) is 3.14. The molecule has 0 saturated heterocycles. The van der Waals surface area contributed by atoms with Crippen LogP contribution in [0.25, 0.3) is 0 Å². The maximum Gasteiger partial charge on any atom is 0.118 e. The van der Waals surface area contributed by atoms with E-state index in [0.29, 0.717) is 0 Å². The first-order chi connectivity index (χ1) is 6.86. The van der Waals surface area contributed by atoms with Crippen LogP contribution in [0.5, 0.6) is 5.75 Å². The molecule has 0 aromatic heterocycles. The van der Waals surface area contributed by atoms with Gasteiger partial charge >= 0.3 is 0 Å². The molecular formula is C12H15NO. The number of rotatable bonds is 3. The lowest BCUT2D eigenvalue weighted by Gasteiger charge is -1.97. The first-order valence-electron chi connectivity index (χ1n) is 4.70. The molecule has 2 nitrogen and oxygen atoms in total. The van der Waals surface area contributed by atoms with Gasteiger partial charge in [-0.25, -0.2) is 0 Å². The van der Waals surface area contributed by atoms with Crippen molar-refractivity contribution in [2.45, 2.75) is 6.92 Å². The Morgan fingerprint density at radius 2 is 2.00 bits per heavy atom. The summed E-state index contributed by atoms with van der Waals surface area (Å²) >= 11 is 0. The summed E-state index contributed by atoms with van der Waals surface area (Å²) in [7, 11) is 1.66. The van der Waals surface area contributed by atoms with Gasteiger partial charge in [0.15, 0.2) is 0 Å². The predicted molar refractivity (Wildman–Crippen MR) is 58.4 cm³/mol. The van der Waals surface area contributed by atoms with Crippen molar-refractivity contribution in [3.63, 3.8) is 0 Å². The number of nitrogens with one attached hydrogen (secondary N) is 1. The number of methoxy groups -OCH3 is 1. The first kappa shape index (κ1) is 10.6. The molecule has 14 heavy (non-hydrogen) atoms. The second-order valence-electron chi connectivity index (χ2n) is 2.81. The quantitative estimate of drug-likeness (QED) is 0.576. The van der Waals surface area contributed by atoms with Gasteiger partial charge in [0.2, 0.25) is 0 Å². The van der Waals surface area contributed by atoms with Crippen molar-refractivity contribution < 1.29 is 4.74 Å². The third kappa shape index (κ3) is 3.51. The van der Waals surface area contributed by atoms with Crippen LogP contribution in [0.15, 0.2) is 24.3 Å². The Hall–Kier alpha value is -1.46. The smallest absolute Gasteiger partial charge is 0.118 e. The molecule has 0 amide bonds. The van der Waals surface area contributed by atoms with Crippen LogP contribution in [0.2, 0.25) is 0 Å². The molecule has 0 aliphatic heterocycles. The third-order valence-electron chi connectivity index (χ3n) is 1.79. The summed E-state index contributed by atoms with van der Waals surface area (Å²) in [6.07, 6.45) is 0. The monoisotopic (exact) mass is 189 g/mol. The molecular weight excluding hydrogens is 174 g/mol. The van der Waals surface area contributed by atoms with Crippen LogP contribution in [-0.2, 0) is 0 Å². The fourth-order valence-electron chi connectivity index (χ4n) is 1.01. The molecule has 0 saturated carbocycles. The third-order valence-corrected chi connectivity index (χ3v) is 1.79. The van der Waals surface area contributed by atoms with E-state index in [1.807, 2.05) is 24.3 Å². The van der Waals surface area contributed by atoms with E-state index >= 15 is 0 Å². The van der Waals surface area contributed by atoms with Crippen LogP contribution in [0.1, 0.15) is 12.5 Å². The summed E-state index contributed by atoms with van der Waals surface area (Å²) < 4.78 is 5.05. The van der Waals surface area contributed by atoms with Crippen molar-refractivity contribution in [1.29, 1.82) is 0 Å². The van der Waals surface area contributed by atoms with Crippen molar-refractivity contribution in [2.75, 3.05) is 20.2 Å². The second-order valence-corrected chi connectivity index (χ2v) is 2.81. The summed E-state index contributed by atoms with van der Waals surface area (Å²) in [6, 6.07) is 7.74. The van der Waals surface area contributed by atoms with Gasteiger partial charge in [0, 0.05) is 5.56 Å². The Morgan fingerprint density at radius 3 is 2.57 bits per heavy atom. The van der Waals surface area contributed by atoms with Crippen LogP contribution in [0, 0.1) is 11.8 Å². The zero-order valence-electron chi connectivity index (χ0n) is 8.63.